The molecule has 0 aromatic heterocycles. The number of benzene rings is 2. The average Bonchev–Trinajstić information content (AvgIpc) is 2.69. The molecule has 0 radical (unpaired) electrons. The minimum absolute atomic E-state index is 0.0621. The van der Waals surface area contributed by atoms with Crippen molar-refractivity contribution in [1.82, 2.24) is 5.32 Å². The predicted molar refractivity (Wildman–Crippen MR) is 114 cm³/mol. The fraction of sp³-hybridized carbons (Fsp3) is 0.350. The summed E-state index contributed by atoms with van der Waals surface area (Å²) in [6.45, 7) is 4.24. The zero-order chi connectivity index (χ0) is 22.3. The smallest absolute Gasteiger partial charge is 0.271 e. The van der Waals surface area contributed by atoms with E-state index < -0.39 is 26.9 Å². The lowest BCUT2D eigenvalue weighted by molar-refractivity contribution is -0.384. The summed E-state index contributed by atoms with van der Waals surface area (Å²) in [5.41, 5.74) is 0.599. The normalized spacial score (nSPS) is 12.1. The maximum absolute atomic E-state index is 12.9. The Morgan fingerprint density at radius 3 is 2.50 bits per heavy atom. The largest absolute Gasteiger partial charge is 0.494 e. The van der Waals surface area contributed by atoms with Crippen LogP contribution < -0.4 is 14.4 Å². The molecule has 2 aromatic carbocycles. The molecule has 0 saturated carbocycles. The molecule has 0 heterocycles. The molecule has 10 heteroatoms. The van der Waals surface area contributed by atoms with Gasteiger partial charge in [-0.2, -0.15) is 0 Å². The number of nitrogens with one attached hydrogen (secondary N) is 1. The first-order valence-electron chi connectivity index (χ1n) is 9.40. The third-order valence-corrected chi connectivity index (χ3v) is 5.48. The summed E-state index contributed by atoms with van der Waals surface area (Å²) in [5.74, 6) is 0.168. The van der Waals surface area contributed by atoms with Gasteiger partial charge in [0.05, 0.1) is 23.5 Å². The van der Waals surface area contributed by atoms with Crippen molar-refractivity contribution in [3.8, 4) is 5.75 Å². The van der Waals surface area contributed by atoms with Crippen LogP contribution in [0.3, 0.4) is 0 Å². The van der Waals surface area contributed by atoms with E-state index in [4.69, 9.17) is 4.74 Å². The molecule has 0 saturated heterocycles. The molecular weight excluding hydrogens is 410 g/mol. The molecule has 0 unspecified atom stereocenters. The minimum atomic E-state index is -3.88. The molecule has 0 fully saturated rings. The second kappa shape index (κ2) is 10.1. The van der Waals surface area contributed by atoms with Crippen LogP contribution in [0.2, 0.25) is 0 Å². The number of carbonyl (C=O) groups excluding carboxylic acids is 1. The number of nitro benzene ring substituents is 1. The number of amides is 1. The van der Waals surface area contributed by atoms with Crippen molar-refractivity contribution >= 4 is 27.3 Å². The number of hydrogen-bond donors (Lipinski definition) is 1. The van der Waals surface area contributed by atoms with Crippen molar-refractivity contribution in [2.24, 2.45) is 0 Å². The van der Waals surface area contributed by atoms with Crippen LogP contribution in [0.25, 0.3) is 0 Å². The van der Waals surface area contributed by atoms with E-state index in [0.29, 0.717) is 12.4 Å². The highest BCUT2D eigenvalue weighted by Gasteiger charge is 2.32. The number of sulfonamides is 1. The van der Waals surface area contributed by atoms with Crippen molar-refractivity contribution in [1.29, 1.82) is 0 Å². The molecule has 0 aliphatic rings. The summed E-state index contributed by atoms with van der Waals surface area (Å²) in [6.07, 6.45) is 1.15. The van der Waals surface area contributed by atoms with Crippen LogP contribution in [0.5, 0.6) is 5.75 Å². The second-order valence-electron chi connectivity index (χ2n) is 6.56. The number of carbonyl (C=O) groups is 1. The van der Waals surface area contributed by atoms with E-state index in [2.05, 4.69) is 5.32 Å². The number of anilines is 1. The van der Waals surface area contributed by atoms with Gasteiger partial charge in [-0.25, -0.2) is 8.42 Å². The first kappa shape index (κ1) is 23.1. The summed E-state index contributed by atoms with van der Waals surface area (Å²) in [7, 11) is -3.88. The SMILES string of the molecule is CCOc1cccc(CNC(=O)[C@@H](CC)N(c2cccc([N+](=O)[O-])c2)S(C)(=O)=O)c1. The van der Waals surface area contributed by atoms with Gasteiger partial charge in [0, 0.05) is 18.7 Å². The Hall–Kier alpha value is -3.14. The monoisotopic (exact) mass is 435 g/mol. The molecule has 0 spiro atoms. The lowest BCUT2D eigenvalue weighted by atomic mass is 10.1. The summed E-state index contributed by atoms with van der Waals surface area (Å²) < 4.78 is 31.3. The summed E-state index contributed by atoms with van der Waals surface area (Å²) in [6, 6.07) is 11.4. The minimum Gasteiger partial charge on any atom is -0.494 e. The Bertz CT molecular complexity index is 1010. The Kier molecular flexibility index (Phi) is 7.76. The van der Waals surface area contributed by atoms with E-state index in [0.717, 1.165) is 22.2 Å². The molecular formula is C20H25N3O6S. The first-order chi connectivity index (χ1) is 14.2. The van der Waals surface area contributed by atoms with Gasteiger partial charge >= 0.3 is 0 Å². The first-order valence-corrected chi connectivity index (χ1v) is 11.3. The van der Waals surface area contributed by atoms with Crippen LogP contribution in [0, 0.1) is 10.1 Å². The van der Waals surface area contributed by atoms with Crippen molar-refractivity contribution in [3.05, 3.63) is 64.2 Å². The quantitative estimate of drug-likeness (QED) is 0.453. The zero-order valence-electron chi connectivity index (χ0n) is 17.1. The fourth-order valence-electron chi connectivity index (χ4n) is 3.02. The number of rotatable bonds is 10. The van der Waals surface area contributed by atoms with E-state index >= 15 is 0 Å². The maximum atomic E-state index is 12.9. The van der Waals surface area contributed by atoms with Crippen LogP contribution in [0.4, 0.5) is 11.4 Å². The highest BCUT2D eigenvalue weighted by molar-refractivity contribution is 7.92. The molecule has 30 heavy (non-hydrogen) atoms. The third-order valence-electron chi connectivity index (χ3n) is 4.30. The molecule has 9 nitrogen and oxygen atoms in total. The zero-order valence-corrected chi connectivity index (χ0v) is 17.9. The van der Waals surface area contributed by atoms with Crippen LogP contribution in [0.15, 0.2) is 48.5 Å². The van der Waals surface area contributed by atoms with Crippen LogP contribution in [-0.2, 0) is 21.4 Å². The number of nitro groups is 1. The third kappa shape index (κ3) is 5.93. The molecule has 0 bridgehead atoms. The molecule has 162 valence electrons. The number of hydrogen-bond acceptors (Lipinski definition) is 6. The van der Waals surface area contributed by atoms with E-state index in [1.54, 1.807) is 25.1 Å². The van der Waals surface area contributed by atoms with Crippen molar-refractivity contribution in [2.45, 2.75) is 32.9 Å². The van der Waals surface area contributed by atoms with Gasteiger partial charge in [0.25, 0.3) is 5.69 Å². The molecule has 1 amide bonds. The van der Waals surface area contributed by atoms with Gasteiger partial charge in [-0.3, -0.25) is 19.2 Å². The van der Waals surface area contributed by atoms with E-state index in [1.807, 2.05) is 13.0 Å². The Morgan fingerprint density at radius 1 is 1.20 bits per heavy atom. The van der Waals surface area contributed by atoms with Crippen molar-refractivity contribution < 1.29 is 22.9 Å². The van der Waals surface area contributed by atoms with Gasteiger partial charge in [0.1, 0.15) is 11.8 Å². The molecule has 2 aromatic rings. The lowest BCUT2D eigenvalue weighted by Crippen LogP contribution is -2.49. The fourth-order valence-corrected chi connectivity index (χ4v) is 4.23. The number of ether oxygens (including phenoxy) is 1. The lowest BCUT2D eigenvalue weighted by Gasteiger charge is -2.30. The molecule has 1 atom stereocenters. The van der Waals surface area contributed by atoms with E-state index in [1.165, 1.54) is 18.2 Å². The summed E-state index contributed by atoms with van der Waals surface area (Å²) in [5, 5.41) is 13.8. The van der Waals surface area contributed by atoms with E-state index in [9.17, 15) is 23.3 Å². The Labute approximate surface area is 175 Å². The van der Waals surface area contributed by atoms with E-state index in [-0.39, 0.29) is 24.3 Å². The average molecular weight is 436 g/mol. The second-order valence-corrected chi connectivity index (χ2v) is 8.42. The highest BCUT2D eigenvalue weighted by Crippen LogP contribution is 2.26. The number of non-ortho nitro benzene ring substituents is 1. The van der Waals surface area contributed by atoms with Crippen molar-refractivity contribution in [2.75, 3.05) is 17.2 Å². The van der Waals surface area contributed by atoms with Crippen LogP contribution >= 0.6 is 0 Å². The summed E-state index contributed by atoms with van der Waals surface area (Å²) >= 11 is 0. The molecule has 1 N–H and O–H groups in total. The Morgan fingerprint density at radius 2 is 1.90 bits per heavy atom. The van der Waals surface area contributed by atoms with Gasteiger partial charge < -0.3 is 10.1 Å². The maximum Gasteiger partial charge on any atom is 0.271 e. The van der Waals surface area contributed by atoms with Gasteiger partial charge in [-0.05, 0) is 37.1 Å². The van der Waals surface area contributed by atoms with Crippen molar-refractivity contribution in [3.63, 3.8) is 0 Å². The van der Waals surface area contributed by atoms with Gasteiger partial charge in [-0.1, -0.05) is 25.1 Å². The topological polar surface area (TPSA) is 119 Å². The van der Waals surface area contributed by atoms with Gasteiger partial charge in [0.2, 0.25) is 15.9 Å². The molecule has 0 aliphatic heterocycles. The highest BCUT2D eigenvalue weighted by atomic mass is 32.2. The van der Waals surface area contributed by atoms with Crippen LogP contribution in [-0.4, -0.2) is 38.2 Å². The standard InChI is InChI=1S/C20H25N3O6S/c1-4-19(20(24)21-14-15-8-6-11-18(12-15)29-5-2)22(30(3,27)28)16-9-7-10-17(13-16)23(25)26/h6-13,19H,4-5,14H2,1-3H3,(H,21,24)/t19-/m1/s1. The molecule has 2 rings (SSSR count). The Balaban J connectivity index is 2.27. The predicted octanol–water partition coefficient (Wildman–Crippen LogP) is 2.85. The number of nitrogens with zero attached hydrogens (tertiary/aromatic N) is 2. The summed E-state index contributed by atoms with van der Waals surface area (Å²) in [4.78, 5) is 23.3. The van der Waals surface area contributed by atoms with Gasteiger partial charge in [0.15, 0.2) is 0 Å². The van der Waals surface area contributed by atoms with Gasteiger partial charge in [-0.15, -0.1) is 0 Å². The van der Waals surface area contributed by atoms with Crippen LogP contribution in [0.1, 0.15) is 25.8 Å². The molecule has 0 aliphatic carbocycles.